The van der Waals surface area contributed by atoms with E-state index in [0.717, 1.165) is 5.56 Å². The smallest absolute Gasteiger partial charge is 0.309 e. The molecule has 1 saturated heterocycles. The highest BCUT2D eigenvalue weighted by Crippen LogP contribution is 2.34. The van der Waals surface area contributed by atoms with Crippen molar-refractivity contribution in [2.75, 3.05) is 6.61 Å². The third-order valence-corrected chi connectivity index (χ3v) is 2.89. The zero-order valence-electron chi connectivity index (χ0n) is 9.46. The van der Waals surface area contributed by atoms with Gasteiger partial charge in [-0.3, -0.25) is 9.48 Å². The molecular weight excluding hydrogens is 208 g/mol. The van der Waals surface area contributed by atoms with Crippen LogP contribution >= 0.6 is 0 Å². The van der Waals surface area contributed by atoms with Gasteiger partial charge in [-0.15, -0.1) is 0 Å². The number of aromatic nitrogens is 2. The van der Waals surface area contributed by atoms with Gasteiger partial charge in [0.15, 0.2) is 0 Å². The molecule has 0 bridgehead atoms. The third-order valence-electron chi connectivity index (χ3n) is 2.89. The molecule has 0 saturated carbocycles. The standard InChI is InChI=1S/C11H16N2O3/c1-7(2)13-6-8(5-12-13)10-9(11(14)15)3-4-16-10/h5-7,9-10H,3-4H2,1-2H3,(H,14,15). The van der Waals surface area contributed by atoms with E-state index in [9.17, 15) is 4.79 Å². The first-order valence-corrected chi connectivity index (χ1v) is 5.48. The summed E-state index contributed by atoms with van der Waals surface area (Å²) in [5.41, 5.74) is 0.860. The highest BCUT2D eigenvalue weighted by molar-refractivity contribution is 5.71. The topological polar surface area (TPSA) is 64.3 Å². The minimum Gasteiger partial charge on any atom is -0.481 e. The average molecular weight is 224 g/mol. The number of carboxylic acids is 1. The first-order valence-electron chi connectivity index (χ1n) is 5.48. The minimum absolute atomic E-state index is 0.276. The number of carboxylic acid groups (broad SMARTS) is 1. The minimum atomic E-state index is -0.792. The number of hydrogen-bond acceptors (Lipinski definition) is 3. The maximum atomic E-state index is 11.0. The van der Waals surface area contributed by atoms with Gasteiger partial charge in [-0.25, -0.2) is 0 Å². The van der Waals surface area contributed by atoms with Gasteiger partial charge in [0.1, 0.15) is 0 Å². The second-order valence-corrected chi connectivity index (χ2v) is 4.37. The van der Waals surface area contributed by atoms with Crippen LogP contribution in [0.25, 0.3) is 0 Å². The van der Waals surface area contributed by atoms with Crippen LogP contribution in [-0.2, 0) is 9.53 Å². The van der Waals surface area contributed by atoms with E-state index in [2.05, 4.69) is 5.10 Å². The number of hydrogen-bond donors (Lipinski definition) is 1. The molecule has 2 unspecified atom stereocenters. The molecule has 1 aliphatic heterocycles. The van der Waals surface area contributed by atoms with Gasteiger partial charge in [0.05, 0.1) is 18.2 Å². The summed E-state index contributed by atoms with van der Waals surface area (Å²) in [6.07, 6.45) is 3.81. The molecule has 0 aromatic carbocycles. The fourth-order valence-electron chi connectivity index (χ4n) is 1.95. The van der Waals surface area contributed by atoms with Crippen LogP contribution in [0.5, 0.6) is 0 Å². The van der Waals surface area contributed by atoms with Crippen LogP contribution in [0.15, 0.2) is 12.4 Å². The summed E-state index contributed by atoms with van der Waals surface area (Å²) in [4.78, 5) is 11.0. The Morgan fingerprint density at radius 3 is 3.00 bits per heavy atom. The van der Waals surface area contributed by atoms with Crippen LogP contribution in [0.1, 0.15) is 38.0 Å². The highest BCUT2D eigenvalue weighted by Gasteiger charge is 2.35. The maximum Gasteiger partial charge on any atom is 0.309 e. The van der Waals surface area contributed by atoms with Crippen molar-refractivity contribution in [1.82, 2.24) is 9.78 Å². The van der Waals surface area contributed by atoms with Gasteiger partial charge in [-0.05, 0) is 20.3 Å². The van der Waals surface area contributed by atoms with Gasteiger partial charge in [0.2, 0.25) is 0 Å². The van der Waals surface area contributed by atoms with Gasteiger partial charge >= 0.3 is 5.97 Å². The lowest BCUT2D eigenvalue weighted by Crippen LogP contribution is -2.17. The molecule has 2 rings (SSSR count). The van der Waals surface area contributed by atoms with Gasteiger partial charge in [-0.2, -0.15) is 5.10 Å². The van der Waals surface area contributed by atoms with Crippen LogP contribution in [0.4, 0.5) is 0 Å². The summed E-state index contributed by atoms with van der Waals surface area (Å²) in [5.74, 6) is -1.23. The molecule has 0 radical (unpaired) electrons. The van der Waals surface area contributed by atoms with Crippen molar-refractivity contribution < 1.29 is 14.6 Å². The number of carbonyl (C=O) groups is 1. The molecule has 1 aromatic heterocycles. The molecule has 2 atom stereocenters. The molecule has 88 valence electrons. The van der Waals surface area contributed by atoms with Gasteiger partial charge in [0.25, 0.3) is 0 Å². The maximum absolute atomic E-state index is 11.0. The van der Waals surface area contributed by atoms with Crippen molar-refractivity contribution >= 4 is 5.97 Å². The fraction of sp³-hybridized carbons (Fsp3) is 0.636. The highest BCUT2D eigenvalue weighted by atomic mass is 16.5. The van der Waals surface area contributed by atoms with Crippen molar-refractivity contribution in [2.45, 2.75) is 32.4 Å². The molecule has 2 heterocycles. The lowest BCUT2D eigenvalue weighted by molar-refractivity contribution is -0.143. The monoisotopic (exact) mass is 224 g/mol. The molecule has 0 amide bonds. The lowest BCUT2D eigenvalue weighted by Gasteiger charge is -2.12. The zero-order chi connectivity index (χ0) is 11.7. The largest absolute Gasteiger partial charge is 0.481 e. The predicted molar refractivity (Wildman–Crippen MR) is 57.0 cm³/mol. The Morgan fingerprint density at radius 1 is 1.69 bits per heavy atom. The van der Waals surface area contributed by atoms with Crippen molar-refractivity contribution in [3.63, 3.8) is 0 Å². The predicted octanol–water partition coefficient (Wildman–Crippen LogP) is 1.63. The van der Waals surface area contributed by atoms with E-state index >= 15 is 0 Å². The quantitative estimate of drug-likeness (QED) is 0.847. The van der Waals surface area contributed by atoms with Crippen LogP contribution in [0.3, 0.4) is 0 Å². The van der Waals surface area contributed by atoms with E-state index in [-0.39, 0.29) is 12.1 Å². The molecule has 5 nitrogen and oxygen atoms in total. The van der Waals surface area contributed by atoms with Crippen LogP contribution in [-0.4, -0.2) is 27.5 Å². The number of ether oxygens (including phenoxy) is 1. The molecule has 0 aliphatic carbocycles. The SMILES string of the molecule is CC(C)n1cc(C2OCCC2C(=O)O)cn1. The van der Waals surface area contributed by atoms with E-state index in [4.69, 9.17) is 9.84 Å². The van der Waals surface area contributed by atoms with Crippen LogP contribution in [0, 0.1) is 5.92 Å². The third kappa shape index (κ3) is 1.95. The Hall–Kier alpha value is -1.36. The Labute approximate surface area is 94.0 Å². The first-order chi connectivity index (χ1) is 7.59. The molecule has 16 heavy (non-hydrogen) atoms. The van der Waals surface area contributed by atoms with E-state index in [1.54, 1.807) is 6.20 Å². The molecule has 1 aromatic rings. The summed E-state index contributed by atoms with van der Waals surface area (Å²) >= 11 is 0. The van der Waals surface area contributed by atoms with Crippen molar-refractivity contribution in [1.29, 1.82) is 0 Å². The van der Waals surface area contributed by atoms with Gasteiger partial charge < -0.3 is 9.84 Å². The van der Waals surface area contributed by atoms with Crippen molar-refractivity contribution in [3.8, 4) is 0 Å². The summed E-state index contributed by atoms with van der Waals surface area (Å²) in [5, 5.41) is 13.3. The molecule has 1 N–H and O–H groups in total. The Bertz CT molecular complexity index is 386. The van der Waals surface area contributed by atoms with E-state index in [1.165, 1.54) is 0 Å². The summed E-state index contributed by atoms with van der Waals surface area (Å²) in [6.45, 7) is 4.57. The average Bonchev–Trinajstić information content (AvgIpc) is 2.86. The molecule has 1 aliphatic rings. The Morgan fingerprint density at radius 2 is 2.44 bits per heavy atom. The Balaban J connectivity index is 2.19. The molecule has 5 heteroatoms. The Kier molecular flexibility index (Phi) is 2.96. The number of nitrogens with zero attached hydrogens (tertiary/aromatic N) is 2. The lowest BCUT2D eigenvalue weighted by atomic mass is 9.98. The van der Waals surface area contributed by atoms with Crippen LogP contribution < -0.4 is 0 Å². The van der Waals surface area contributed by atoms with Crippen molar-refractivity contribution in [3.05, 3.63) is 18.0 Å². The summed E-state index contributed by atoms with van der Waals surface area (Å²) in [7, 11) is 0. The van der Waals surface area contributed by atoms with Gasteiger partial charge in [0, 0.05) is 24.4 Å². The van der Waals surface area contributed by atoms with E-state index in [1.807, 2.05) is 24.7 Å². The first kappa shape index (κ1) is 11.1. The summed E-state index contributed by atoms with van der Waals surface area (Å²) in [6, 6.07) is 0.276. The summed E-state index contributed by atoms with van der Waals surface area (Å²) < 4.78 is 7.29. The number of rotatable bonds is 3. The second-order valence-electron chi connectivity index (χ2n) is 4.37. The van der Waals surface area contributed by atoms with Gasteiger partial charge in [-0.1, -0.05) is 0 Å². The van der Waals surface area contributed by atoms with E-state index in [0.29, 0.717) is 13.0 Å². The van der Waals surface area contributed by atoms with Crippen LogP contribution in [0.2, 0.25) is 0 Å². The van der Waals surface area contributed by atoms with Crippen molar-refractivity contribution in [2.24, 2.45) is 5.92 Å². The second kappa shape index (κ2) is 4.25. The van der Waals surface area contributed by atoms with E-state index < -0.39 is 11.9 Å². The molecular formula is C11H16N2O3. The molecule has 1 fully saturated rings. The zero-order valence-corrected chi connectivity index (χ0v) is 9.46. The normalized spacial score (nSPS) is 25.2. The number of aliphatic carboxylic acids is 1. The molecule has 0 spiro atoms. The fourth-order valence-corrected chi connectivity index (χ4v) is 1.95.